The van der Waals surface area contributed by atoms with E-state index in [0.29, 0.717) is 9.16 Å². The SMILES string of the molecule is CSC(C)SC(C)[S]. The van der Waals surface area contributed by atoms with E-state index in [1.54, 1.807) is 0 Å². The summed E-state index contributed by atoms with van der Waals surface area (Å²) in [6, 6.07) is 0. The van der Waals surface area contributed by atoms with Gasteiger partial charge in [-0.3, -0.25) is 0 Å². The highest BCUT2D eigenvalue weighted by molar-refractivity contribution is 8.20. The van der Waals surface area contributed by atoms with Crippen LogP contribution in [-0.4, -0.2) is 15.4 Å². The fraction of sp³-hybridized carbons (Fsp3) is 1.00. The molecular weight excluding hydrogens is 156 g/mol. The molecule has 0 spiro atoms. The first-order valence-corrected chi connectivity index (χ1v) is 5.21. The molecule has 0 amide bonds. The van der Waals surface area contributed by atoms with Crippen LogP contribution < -0.4 is 0 Å². The van der Waals surface area contributed by atoms with Gasteiger partial charge >= 0.3 is 0 Å². The molecule has 0 heterocycles. The van der Waals surface area contributed by atoms with E-state index in [-0.39, 0.29) is 0 Å². The minimum absolute atomic E-state index is 0.359. The van der Waals surface area contributed by atoms with Gasteiger partial charge in [0.05, 0.1) is 4.58 Å². The van der Waals surface area contributed by atoms with Crippen molar-refractivity contribution >= 4 is 36.2 Å². The fourth-order valence-corrected chi connectivity index (χ4v) is 2.52. The summed E-state index contributed by atoms with van der Waals surface area (Å²) in [5.41, 5.74) is 0. The molecule has 8 heavy (non-hydrogen) atoms. The standard InChI is InChI=1S/C5H11S3/c1-4(6)8-5(2)7-3/h4-5H,1-3H3. The highest BCUT2D eigenvalue weighted by Gasteiger charge is 2.02. The van der Waals surface area contributed by atoms with Gasteiger partial charge in [-0.05, 0) is 20.1 Å². The topological polar surface area (TPSA) is 0 Å². The van der Waals surface area contributed by atoms with E-state index < -0.39 is 0 Å². The van der Waals surface area contributed by atoms with Crippen molar-refractivity contribution in [2.75, 3.05) is 6.26 Å². The molecule has 0 aliphatic rings. The predicted octanol–water partition coefficient (Wildman–Crippen LogP) is 2.97. The molecule has 0 N–H and O–H groups in total. The van der Waals surface area contributed by atoms with Crippen molar-refractivity contribution in [1.82, 2.24) is 0 Å². The summed E-state index contributed by atoms with van der Waals surface area (Å²) in [5, 5.41) is 0. The van der Waals surface area contributed by atoms with Crippen molar-refractivity contribution in [3.63, 3.8) is 0 Å². The van der Waals surface area contributed by atoms with Gasteiger partial charge < -0.3 is 0 Å². The highest BCUT2D eigenvalue weighted by atomic mass is 32.2. The maximum atomic E-state index is 4.97. The van der Waals surface area contributed by atoms with E-state index in [2.05, 4.69) is 13.2 Å². The molecule has 1 radical (unpaired) electrons. The molecule has 0 aromatic rings. The Balaban J connectivity index is 3.10. The highest BCUT2D eigenvalue weighted by Crippen LogP contribution is 2.26. The molecule has 0 fully saturated rings. The lowest BCUT2D eigenvalue weighted by Gasteiger charge is -2.07. The van der Waals surface area contributed by atoms with Crippen LogP contribution in [0.3, 0.4) is 0 Å². The predicted molar refractivity (Wildman–Crippen MR) is 47.6 cm³/mol. The number of thioether (sulfide) groups is 2. The van der Waals surface area contributed by atoms with Gasteiger partial charge in [0.1, 0.15) is 0 Å². The van der Waals surface area contributed by atoms with Crippen LogP contribution in [0.4, 0.5) is 0 Å². The summed E-state index contributed by atoms with van der Waals surface area (Å²) in [6.07, 6.45) is 2.11. The molecule has 0 bridgehead atoms. The lowest BCUT2D eigenvalue weighted by molar-refractivity contribution is 1.36. The van der Waals surface area contributed by atoms with Gasteiger partial charge in [-0.25, -0.2) is 0 Å². The Bertz CT molecular complexity index is 53.6. The van der Waals surface area contributed by atoms with E-state index in [4.69, 9.17) is 12.6 Å². The van der Waals surface area contributed by atoms with Gasteiger partial charge in [0.2, 0.25) is 0 Å². The van der Waals surface area contributed by atoms with E-state index in [9.17, 15) is 0 Å². The Kier molecular flexibility index (Phi) is 5.53. The fourth-order valence-electron chi connectivity index (χ4n) is 0.325. The molecule has 0 rings (SSSR count). The van der Waals surface area contributed by atoms with Gasteiger partial charge in [-0.1, -0.05) is 12.6 Å². The van der Waals surface area contributed by atoms with Crippen LogP contribution in [0.2, 0.25) is 0 Å². The summed E-state index contributed by atoms with van der Waals surface area (Å²) in [5.74, 6) is 0. The molecule has 0 saturated heterocycles. The Hall–Kier alpha value is 1.05. The molecule has 0 aromatic heterocycles. The van der Waals surface area contributed by atoms with Gasteiger partial charge in [0.25, 0.3) is 0 Å². The molecule has 49 valence electrons. The van der Waals surface area contributed by atoms with E-state index in [1.165, 1.54) is 0 Å². The first-order valence-electron chi connectivity index (χ1n) is 2.51. The van der Waals surface area contributed by atoms with Crippen LogP contribution in [0.25, 0.3) is 0 Å². The van der Waals surface area contributed by atoms with E-state index >= 15 is 0 Å². The summed E-state index contributed by atoms with van der Waals surface area (Å²) < 4.78 is 1.01. The second-order valence-electron chi connectivity index (χ2n) is 1.51. The first kappa shape index (κ1) is 9.05. The van der Waals surface area contributed by atoms with Crippen LogP contribution in [0, 0.1) is 0 Å². The average molecular weight is 167 g/mol. The molecule has 0 nitrogen and oxygen atoms in total. The smallest absolute Gasteiger partial charge is 0.0589 e. The van der Waals surface area contributed by atoms with Crippen LogP contribution in [0.15, 0.2) is 0 Å². The van der Waals surface area contributed by atoms with Crippen LogP contribution in [0.5, 0.6) is 0 Å². The molecule has 3 heteroatoms. The lowest BCUT2D eigenvalue weighted by atomic mass is 10.9. The van der Waals surface area contributed by atoms with Crippen molar-refractivity contribution in [3.8, 4) is 0 Å². The monoisotopic (exact) mass is 167 g/mol. The largest absolute Gasteiger partial charge is 0.151 e. The summed E-state index contributed by atoms with van der Waals surface area (Å²) in [6.45, 7) is 4.23. The van der Waals surface area contributed by atoms with E-state index in [0.717, 1.165) is 0 Å². The maximum Gasteiger partial charge on any atom is 0.0589 e. The lowest BCUT2D eigenvalue weighted by Crippen LogP contribution is -1.92. The van der Waals surface area contributed by atoms with Gasteiger partial charge in [-0.2, -0.15) is 11.8 Å². The first-order chi connectivity index (χ1) is 3.66. The molecule has 0 aliphatic carbocycles. The summed E-state index contributed by atoms with van der Waals surface area (Å²) in [4.78, 5) is 0. The zero-order valence-corrected chi connectivity index (χ0v) is 7.83. The van der Waals surface area contributed by atoms with Crippen LogP contribution in [0.1, 0.15) is 13.8 Å². The molecular formula is C5H11S3. The van der Waals surface area contributed by atoms with Gasteiger partial charge in [0, 0.05) is 4.58 Å². The normalized spacial score (nSPS) is 18.0. The van der Waals surface area contributed by atoms with Crippen molar-refractivity contribution < 1.29 is 0 Å². The molecule has 0 saturated carbocycles. The number of hydrogen-bond donors (Lipinski definition) is 0. The molecule has 0 aromatic carbocycles. The van der Waals surface area contributed by atoms with Gasteiger partial charge in [-0.15, -0.1) is 11.8 Å². The van der Waals surface area contributed by atoms with E-state index in [1.807, 2.05) is 30.4 Å². The maximum absolute atomic E-state index is 4.97. The Morgan fingerprint density at radius 3 is 2.00 bits per heavy atom. The third-order valence-corrected chi connectivity index (χ3v) is 3.39. The average Bonchev–Trinajstić information content (AvgIpc) is 1.65. The third-order valence-electron chi connectivity index (χ3n) is 0.715. The van der Waals surface area contributed by atoms with Gasteiger partial charge in [0.15, 0.2) is 0 Å². The minimum Gasteiger partial charge on any atom is -0.151 e. The summed E-state index contributed by atoms with van der Waals surface area (Å²) >= 11 is 8.65. The Morgan fingerprint density at radius 1 is 1.38 bits per heavy atom. The van der Waals surface area contributed by atoms with Crippen molar-refractivity contribution in [2.45, 2.75) is 23.0 Å². The third kappa shape index (κ3) is 5.19. The van der Waals surface area contributed by atoms with Crippen molar-refractivity contribution in [2.24, 2.45) is 0 Å². The van der Waals surface area contributed by atoms with Crippen molar-refractivity contribution in [3.05, 3.63) is 0 Å². The Labute approximate surface area is 65.6 Å². The number of hydrogen-bond acceptors (Lipinski definition) is 2. The number of rotatable bonds is 3. The Morgan fingerprint density at radius 2 is 1.88 bits per heavy atom. The zero-order chi connectivity index (χ0) is 6.57. The molecule has 2 unspecified atom stereocenters. The molecule has 0 aliphatic heterocycles. The minimum atomic E-state index is 0.359. The van der Waals surface area contributed by atoms with Crippen LogP contribution in [-0.2, 0) is 0 Å². The van der Waals surface area contributed by atoms with Crippen molar-refractivity contribution in [1.29, 1.82) is 0 Å². The quantitative estimate of drug-likeness (QED) is 0.593. The zero-order valence-electron chi connectivity index (χ0n) is 5.38. The second-order valence-corrected chi connectivity index (χ2v) is 5.68. The second kappa shape index (κ2) is 4.89. The summed E-state index contributed by atoms with van der Waals surface area (Å²) in [7, 11) is 0. The van der Waals surface area contributed by atoms with Crippen LogP contribution >= 0.6 is 36.2 Å². The molecule has 2 atom stereocenters.